The molecule has 1 atom stereocenters. The van der Waals surface area contributed by atoms with E-state index in [-0.39, 0.29) is 6.17 Å². The largest absolute Gasteiger partial charge is 0.349 e. The van der Waals surface area contributed by atoms with E-state index in [4.69, 9.17) is 23.2 Å². The fraction of sp³-hybridized carbons (Fsp3) is 0.222. The predicted molar refractivity (Wildman–Crippen MR) is 98.7 cm³/mol. The Bertz CT molecular complexity index is 996. The first-order chi connectivity index (χ1) is 12.2. The summed E-state index contributed by atoms with van der Waals surface area (Å²) in [7, 11) is 0. The third kappa shape index (κ3) is 2.38. The van der Waals surface area contributed by atoms with Gasteiger partial charge in [-0.25, -0.2) is 9.50 Å². The van der Waals surface area contributed by atoms with Crippen molar-refractivity contribution in [3.8, 4) is 0 Å². The Morgan fingerprint density at radius 3 is 2.96 bits per heavy atom. The number of aromatic nitrogens is 3. The van der Waals surface area contributed by atoms with Crippen molar-refractivity contribution in [1.82, 2.24) is 19.5 Å². The highest BCUT2D eigenvalue weighted by Crippen LogP contribution is 2.45. The second-order valence-electron chi connectivity index (χ2n) is 6.32. The molecule has 2 aliphatic heterocycles. The molecule has 2 aliphatic rings. The molecule has 0 saturated carbocycles. The maximum absolute atomic E-state index is 6.49. The SMILES string of the molecule is Clc1ccc(Cl)c(N2C=C3CCCN3C2c2ccc3ncnn3c2)c1. The van der Waals surface area contributed by atoms with Crippen molar-refractivity contribution in [1.29, 1.82) is 0 Å². The van der Waals surface area contributed by atoms with Crippen LogP contribution in [0.4, 0.5) is 5.69 Å². The van der Waals surface area contributed by atoms with Gasteiger partial charge < -0.3 is 9.80 Å². The van der Waals surface area contributed by atoms with Gasteiger partial charge >= 0.3 is 0 Å². The average molecular weight is 372 g/mol. The average Bonchev–Trinajstić information content (AvgIpc) is 3.30. The van der Waals surface area contributed by atoms with Crippen LogP contribution in [0.2, 0.25) is 10.0 Å². The summed E-state index contributed by atoms with van der Waals surface area (Å²) >= 11 is 12.7. The minimum atomic E-state index is 0.0436. The maximum atomic E-state index is 6.49. The molecule has 0 aliphatic carbocycles. The first-order valence-corrected chi connectivity index (χ1v) is 8.96. The van der Waals surface area contributed by atoms with Crippen LogP contribution in [0.15, 0.2) is 54.8 Å². The Hall–Kier alpha value is -2.24. The number of allylic oxidation sites excluding steroid dienone is 1. The molecular weight excluding hydrogens is 357 g/mol. The second kappa shape index (κ2) is 5.64. The number of hydrogen-bond acceptors (Lipinski definition) is 4. The Morgan fingerprint density at radius 1 is 1.12 bits per heavy atom. The molecule has 1 unspecified atom stereocenters. The van der Waals surface area contributed by atoms with Gasteiger partial charge in [-0.3, -0.25) is 0 Å². The molecule has 5 rings (SSSR count). The van der Waals surface area contributed by atoms with Crippen LogP contribution in [0.25, 0.3) is 5.65 Å². The van der Waals surface area contributed by atoms with Gasteiger partial charge in [0.15, 0.2) is 5.65 Å². The molecule has 0 spiro atoms. The number of pyridine rings is 1. The highest BCUT2D eigenvalue weighted by atomic mass is 35.5. The lowest BCUT2D eigenvalue weighted by atomic mass is 10.1. The van der Waals surface area contributed by atoms with E-state index in [0.29, 0.717) is 10.0 Å². The lowest BCUT2D eigenvalue weighted by Gasteiger charge is -2.33. The molecule has 4 heterocycles. The minimum absolute atomic E-state index is 0.0436. The number of halogens is 2. The van der Waals surface area contributed by atoms with Gasteiger partial charge in [0.1, 0.15) is 12.5 Å². The van der Waals surface area contributed by atoms with E-state index in [1.165, 1.54) is 12.1 Å². The van der Waals surface area contributed by atoms with Crippen molar-refractivity contribution < 1.29 is 0 Å². The predicted octanol–water partition coefficient (Wildman–Crippen LogP) is 4.49. The summed E-state index contributed by atoms with van der Waals surface area (Å²) in [5.41, 5.74) is 4.23. The molecule has 0 bridgehead atoms. The van der Waals surface area contributed by atoms with E-state index in [9.17, 15) is 0 Å². The summed E-state index contributed by atoms with van der Waals surface area (Å²) in [6, 6.07) is 9.68. The first-order valence-electron chi connectivity index (χ1n) is 8.21. The zero-order valence-electron chi connectivity index (χ0n) is 13.3. The molecule has 1 aromatic carbocycles. The van der Waals surface area contributed by atoms with Crippen LogP contribution in [0.5, 0.6) is 0 Å². The van der Waals surface area contributed by atoms with Gasteiger partial charge in [0.05, 0.1) is 10.7 Å². The minimum Gasteiger partial charge on any atom is -0.349 e. The highest BCUT2D eigenvalue weighted by Gasteiger charge is 2.37. The number of anilines is 1. The number of hydrogen-bond donors (Lipinski definition) is 0. The number of rotatable bonds is 2. The highest BCUT2D eigenvalue weighted by molar-refractivity contribution is 6.35. The maximum Gasteiger partial charge on any atom is 0.155 e. The molecule has 3 aromatic rings. The Balaban J connectivity index is 1.65. The Morgan fingerprint density at radius 2 is 2.04 bits per heavy atom. The van der Waals surface area contributed by atoms with Crippen molar-refractivity contribution in [3.05, 3.63) is 70.4 Å². The lowest BCUT2D eigenvalue weighted by molar-refractivity contribution is 0.318. The van der Waals surface area contributed by atoms with Crippen LogP contribution in [0.3, 0.4) is 0 Å². The zero-order valence-corrected chi connectivity index (χ0v) is 14.8. The third-order valence-electron chi connectivity index (χ3n) is 4.83. The number of nitrogens with zero attached hydrogens (tertiary/aromatic N) is 5. The van der Waals surface area contributed by atoms with Crippen molar-refractivity contribution in [2.24, 2.45) is 0 Å². The Kier molecular flexibility index (Phi) is 3.40. The molecule has 0 N–H and O–H groups in total. The second-order valence-corrected chi connectivity index (χ2v) is 7.16. The van der Waals surface area contributed by atoms with Crippen LogP contribution in [0, 0.1) is 0 Å². The van der Waals surface area contributed by atoms with Gasteiger partial charge in [0.25, 0.3) is 0 Å². The quantitative estimate of drug-likeness (QED) is 0.664. The van der Waals surface area contributed by atoms with Crippen LogP contribution < -0.4 is 4.90 Å². The first kappa shape index (κ1) is 15.0. The van der Waals surface area contributed by atoms with Crippen molar-refractivity contribution in [2.75, 3.05) is 11.4 Å². The van der Waals surface area contributed by atoms with E-state index < -0.39 is 0 Å². The molecular formula is C18H15Cl2N5. The van der Waals surface area contributed by atoms with Crippen molar-refractivity contribution in [3.63, 3.8) is 0 Å². The van der Waals surface area contributed by atoms with E-state index in [0.717, 1.165) is 29.9 Å². The van der Waals surface area contributed by atoms with Crippen LogP contribution in [-0.2, 0) is 0 Å². The number of fused-ring (bicyclic) bond motifs is 2. The molecule has 1 fully saturated rings. The topological polar surface area (TPSA) is 36.7 Å². The summed E-state index contributed by atoms with van der Waals surface area (Å²) in [5, 5.41) is 5.64. The van der Waals surface area contributed by atoms with Crippen LogP contribution >= 0.6 is 23.2 Å². The zero-order chi connectivity index (χ0) is 17.0. The van der Waals surface area contributed by atoms with E-state index in [1.807, 2.05) is 30.5 Å². The molecule has 2 aromatic heterocycles. The van der Waals surface area contributed by atoms with Gasteiger partial charge in [-0.2, -0.15) is 5.10 Å². The molecule has 7 heteroatoms. The Labute approximate surface area is 155 Å². The van der Waals surface area contributed by atoms with Crippen LogP contribution in [-0.4, -0.2) is 26.0 Å². The molecule has 5 nitrogen and oxygen atoms in total. The third-order valence-corrected chi connectivity index (χ3v) is 5.38. The van der Waals surface area contributed by atoms with Crippen LogP contribution in [0.1, 0.15) is 24.6 Å². The molecule has 126 valence electrons. The van der Waals surface area contributed by atoms with Gasteiger partial charge in [-0.1, -0.05) is 23.2 Å². The van der Waals surface area contributed by atoms with E-state index in [1.54, 1.807) is 10.8 Å². The normalized spacial score (nSPS) is 19.6. The fourth-order valence-electron chi connectivity index (χ4n) is 3.73. The molecule has 25 heavy (non-hydrogen) atoms. The van der Waals surface area contributed by atoms with E-state index >= 15 is 0 Å². The summed E-state index contributed by atoms with van der Waals surface area (Å²) < 4.78 is 1.81. The molecule has 0 radical (unpaired) electrons. The fourth-order valence-corrected chi connectivity index (χ4v) is 4.11. The standard InChI is InChI=1S/C18H15Cl2N5/c19-13-4-5-15(20)16(8-13)24-10-14-2-1-7-23(14)18(24)12-3-6-17-21-11-22-25(17)9-12/h3-6,8-11,18H,1-2,7H2. The van der Waals surface area contributed by atoms with Crippen molar-refractivity contribution >= 4 is 34.5 Å². The van der Waals surface area contributed by atoms with E-state index in [2.05, 4.69) is 32.1 Å². The smallest absolute Gasteiger partial charge is 0.155 e. The van der Waals surface area contributed by atoms with Gasteiger partial charge in [0, 0.05) is 35.2 Å². The van der Waals surface area contributed by atoms with Gasteiger partial charge in [-0.05, 0) is 43.2 Å². The van der Waals surface area contributed by atoms with Gasteiger partial charge in [-0.15, -0.1) is 0 Å². The summed E-state index contributed by atoms with van der Waals surface area (Å²) in [5.74, 6) is 0. The lowest BCUT2D eigenvalue weighted by Crippen LogP contribution is -2.31. The van der Waals surface area contributed by atoms with Crippen molar-refractivity contribution in [2.45, 2.75) is 19.0 Å². The summed E-state index contributed by atoms with van der Waals surface area (Å²) in [6.07, 6.45) is 8.09. The monoisotopic (exact) mass is 371 g/mol. The molecule has 1 saturated heterocycles. The summed E-state index contributed by atoms with van der Waals surface area (Å²) in [6.45, 7) is 1.03. The number of benzene rings is 1. The van der Waals surface area contributed by atoms with Gasteiger partial charge in [0.2, 0.25) is 0 Å². The summed E-state index contributed by atoms with van der Waals surface area (Å²) in [4.78, 5) is 8.86. The molecule has 0 amide bonds.